The summed E-state index contributed by atoms with van der Waals surface area (Å²) in [7, 11) is 0. The molecule has 2 amide bonds. The maximum atomic E-state index is 11.9. The maximum Gasteiger partial charge on any atom is 0.277 e. The van der Waals surface area contributed by atoms with Gasteiger partial charge in [0, 0.05) is 10.0 Å². The number of rotatable bonds is 10. The molecule has 3 aromatic rings. The van der Waals surface area contributed by atoms with Crippen LogP contribution in [-0.4, -0.2) is 37.5 Å². The fraction of sp³-hybridized carbons (Fsp3) is 0.0833. The molecule has 0 aromatic heterocycles. The highest BCUT2D eigenvalue weighted by atomic mass is 79.9. The predicted octanol–water partition coefficient (Wildman–Crippen LogP) is 5.58. The van der Waals surface area contributed by atoms with Gasteiger partial charge < -0.3 is 9.47 Å². The molecule has 12 heteroatoms. The fourth-order valence-electron chi connectivity index (χ4n) is 2.56. The van der Waals surface area contributed by atoms with Gasteiger partial charge >= 0.3 is 0 Å². The number of benzene rings is 3. The van der Waals surface area contributed by atoms with E-state index in [0.29, 0.717) is 30.5 Å². The minimum absolute atomic E-state index is 0.208. The van der Waals surface area contributed by atoms with Crippen molar-refractivity contribution in [2.24, 2.45) is 10.2 Å². The summed E-state index contributed by atoms with van der Waals surface area (Å²) in [4.78, 5) is 23.8. The van der Waals surface area contributed by atoms with Crippen molar-refractivity contribution in [1.29, 1.82) is 0 Å². The van der Waals surface area contributed by atoms with Crippen LogP contribution in [0.15, 0.2) is 79.8 Å². The number of hydrogen-bond donors (Lipinski definition) is 2. The lowest BCUT2D eigenvalue weighted by atomic mass is 10.2. The summed E-state index contributed by atoms with van der Waals surface area (Å²) in [5.74, 6) is 0.156. The maximum absolute atomic E-state index is 11.9. The summed E-state index contributed by atoms with van der Waals surface area (Å²) in [5, 5.41) is 8.93. The Hall–Kier alpha value is -2.92. The van der Waals surface area contributed by atoms with E-state index >= 15 is 0 Å². The molecule has 0 spiro atoms. The monoisotopic (exact) mass is 654 g/mol. The lowest BCUT2D eigenvalue weighted by Crippen LogP contribution is -2.24. The number of halogens is 4. The summed E-state index contributed by atoms with van der Waals surface area (Å²) in [6.45, 7) is -0.415. The van der Waals surface area contributed by atoms with Crippen molar-refractivity contribution in [1.82, 2.24) is 10.9 Å². The van der Waals surface area contributed by atoms with Crippen molar-refractivity contribution < 1.29 is 19.1 Å². The molecule has 0 bridgehead atoms. The number of ether oxygens (including phenoxy) is 2. The van der Waals surface area contributed by atoms with Crippen molar-refractivity contribution >= 4 is 79.3 Å². The second-order valence-electron chi connectivity index (χ2n) is 6.98. The van der Waals surface area contributed by atoms with Crippen LogP contribution in [0, 0.1) is 0 Å². The SMILES string of the molecule is O=C(COc1ccc(Cl)cc1Br)N/N=C\c1ccc(/C=N\NC(=O)COc2ccc(Cl)cc2Br)cc1. The molecule has 0 heterocycles. The quantitative estimate of drug-likeness (QED) is 0.220. The average Bonchev–Trinajstić information content (AvgIpc) is 2.84. The van der Waals surface area contributed by atoms with Gasteiger partial charge in [0.25, 0.3) is 11.8 Å². The van der Waals surface area contributed by atoms with Crippen LogP contribution in [0.4, 0.5) is 0 Å². The largest absolute Gasteiger partial charge is 0.483 e. The molecule has 36 heavy (non-hydrogen) atoms. The number of carbonyl (C=O) groups is 2. The van der Waals surface area contributed by atoms with Crippen molar-refractivity contribution in [3.63, 3.8) is 0 Å². The van der Waals surface area contributed by atoms with Gasteiger partial charge in [0.15, 0.2) is 13.2 Å². The Bertz CT molecular complexity index is 1190. The van der Waals surface area contributed by atoms with E-state index in [1.54, 1.807) is 60.7 Å². The molecule has 0 aliphatic carbocycles. The molecule has 3 rings (SSSR count). The summed E-state index contributed by atoms with van der Waals surface area (Å²) >= 11 is 18.4. The standard InChI is InChI=1S/C24H18Br2Cl2N4O4/c25-19-9-17(27)5-7-21(19)35-13-23(33)31-29-11-15-1-2-16(4-3-15)12-30-32-24(34)14-36-22-8-6-18(28)10-20(22)26/h1-12H,13-14H2,(H,31,33)(H,32,34)/b29-11-,30-12-. The van der Waals surface area contributed by atoms with Crippen LogP contribution in [0.25, 0.3) is 0 Å². The number of hydrazone groups is 2. The van der Waals surface area contributed by atoms with Crippen molar-refractivity contribution in [2.45, 2.75) is 0 Å². The third-order valence-corrected chi connectivity index (χ3v) is 5.96. The summed E-state index contributed by atoms with van der Waals surface area (Å²) in [6, 6.07) is 17.1. The summed E-state index contributed by atoms with van der Waals surface area (Å²) in [5.41, 5.74) is 6.28. The topological polar surface area (TPSA) is 101 Å². The lowest BCUT2D eigenvalue weighted by Gasteiger charge is -2.07. The van der Waals surface area contributed by atoms with Crippen LogP contribution in [0.3, 0.4) is 0 Å². The molecule has 0 aliphatic rings. The van der Waals surface area contributed by atoms with E-state index in [2.05, 4.69) is 52.9 Å². The highest BCUT2D eigenvalue weighted by molar-refractivity contribution is 9.10. The first-order chi connectivity index (χ1) is 17.3. The number of carbonyl (C=O) groups excluding carboxylic acids is 2. The molecule has 0 fully saturated rings. The van der Waals surface area contributed by atoms with Crippen LogP contribution < -0.4 is 20.3 Å². The predicted molar refractivity (Wildman–Crippen MR) is 147 cm³/mol. The van der Waals surface area contributed by atoms with Crippen molar-refractivity contribution in [3.05, 3.63) is 90.8 Å². The fourth-order valence-corrected chi connectivity index (χ4v) is 4.16. The zero-order valence-corrected chi connectivity index (χ0v) is 23.1. The van der Waals surface area contributed by atoms with Gasteiger partial charge in [-0.2, -0.15) is 10.2 Å². The number of nitrogens with zero attached hydrogens (tertiary/aromatic N) is 2. The molecule has 0 unspecified atom stereocenters. The minimum Gasteiger partial charge on any atom is -0.483 e. The van der Waals surface area contributed by atoms with Gasteiger partial charge in [0.2, 0.25) is 0 Å². The first-order valence-electron chi connectivity index (χ1n) is 10.2. The highest BCUT2D eigenvalue weighted by Gasteiger charge is 2.06. The smallest absolute Gasteiger partial charge is 0.277 e. The van der Waals surface area contributed by atoms with E-state index in [1.165, 1.54) is 12.4 Å². The van der Waals surface area contributed by atoms with Crippen molar-refractivity contribution in [3.8, 4) is 11.5 Å². The van der Waals surface area contributed by atoms with Crippen LogP contribution >= 0.6 is 55.1 Å². The Morgan fingerprint density at radius 2 is 1.11 bits per heavy atom. The van der Waals surface area contributed by atoms with Gasteiger partial charge in [-0.1, -0.05) is 47.5 Å². The zero-order chi connectivity index (χ0) is 25.9. The summed E-state index contributed by atoms with van der Waals surface area (Å²) in [6.07, 6.45) is 2.98. The van der Waals surface area contributed by atoms with Crippen LogP contribution in [0.1, 0.15) is 11.1 Å². The lowest BCUT2D eigenvalue weighted by molar-refractivity contribution is -0.123. The highest BCUT2D eigenvalue weighted by Crippen LogP contribution is 2.28. The Kier molecular flexibility index (Phi) is 10.7. The Morgan fingerprint density at radius 1 is 0.722 bits per heavy atom. The molecule has 0 saturated carbocycles. The van der Waals surface area contributed by atoms with Gasteiger partial charge in [0.05, 0.1) is 21.4 Å². The average molecular weight is 657 g/mol. The van der Waals surface area contributed by atoms with E-state index < -0.39 is 11.8 Å². The molecule has 0 radical (unpaired) electrons. The third-order valence-electron chi connectivity index (χ3n) is 4.25. The molecular weight excluding hydrogens is 639 g/mol. The van der Waals surface area contributed by atoms with Crippen LogP contribution in [0.2, 0.25) is 10.0 Å². The second kappa shape index (κ2) is 14.0. The number of hydrogen-bond acceptors (Lipinski definition) is 6. The normalized spacial score (nSPS) is 11.0. The molecule has 8 nitrogen and oxygen atoms in total. The van der Waals surface area contributed by atoms with E-state index in [4.69, 9.17) is 32.7 Å². The molecule has 2 N–H and O–H groups in total. The third kappa shape index (κ3) is 9.27. The van der Waals surface area contributed by atoms with Gasteiger partial charge in [-0.15, -0.1) is 0 Å². The number of nitrogens with one attached hydrogen (secondary N) is 2. The first kappa shape index (κ1) is 27.7. The minimum atomic E-state index is -0.417. The van der Waals surface area contributed by atoms with E-state index in [9.17, 15) is 9.59 Å². The molecule has 0 aliphatic heterocycles. The van der Waals surface area contributed by atoms with Gasteiger partial charge in [-0.25, -0.2) is 10.9 Å². The molecule has 0 atom stereocenters. The van der Waals surface area contributed by atoms with Crippen molar-refractivity contribution in [2.75, 3.05) is 13.2 Å². The Balaban J connectivity index is 1.39. The van der Waals surface area contributed by atoms with Crippen LogP contribution in [0.5, 0.6) is 11.5 Å². The number of amides is 2. The Morgan fingerprint density at radius 3 is 1.47 bits per heavy atom. The first-order valence-corrected chi connectivity index (χ1v) is 12.5. The van der Waals surface area contributed by atoms with Gasteiger partial charge in [0.1, 0.15) is 11.5 Å². The zero-order valence-electron chi connectivity index (χ0n) is 18.4. The molecule has 186 valence electrons. The van der Waals surface area contributed by atoms with E-state index in [1.807, 2.05) is 0 Å². The Labute approximate surface area is 233 Å². The second-order valence-corrected chi connectivity index (χ2v) is 9.56. The molecule has 3 aromatic carbocycles. The van der Waals surface area contributed by atoms with Crippen LogP contribution in [-0.2, 0) is 9.59 Å². The molecule has 0 saturated heterocycles. The van der Waals surface area contributed by atoms with Gasteiger partial charge in [-0.3, -0.25) is 9.59 Å². The molecular formula is C24H18Br2Cl2N4O4. The van der Waals surface area contributed by atoms with Gasteiger partial charge in [-0.05, 0) is 79.4 Å². The summed E-state index contributed by atoms with van der Waals surface area (Å²) < 4.78 is 12.1. The van der Waals surface area contributed by atoms with E-state index in [0.717, 1.165) is 11.1 Å². The van der Waals surface area contributed by atoms with E-state index in [-0.39, 0.29) is 13.2 Å².